The first-order valence-electron chi connectivity index (χ1n) is 4.33. The Kier molecular flexibility index (Phi) is 3.49. The van der Waals surface area contributed by atoms with E-state index in [0.717, 1.165) is 0 Å². The SMILES string of the molecule is CCOC(=O)CC1CC(=O)C=CN1. The zero-order valence-corrected chi connectivity index (χ0v) is 7.58. The predicted octanol–water partition coefficient (Wildman–Crippen LogP) is 0.384. The van der Waals surface area contributed by atoms with E-state index >= 15 is 0 Å². The molecule has 0 amide bonds. The fourth-order valence-corrected chi connectivity index (χ4v) is 1.20. The number of ketones is 1. The van der Waals surface area contributed by atoms with Crippen molar-refractivity contribution in [2.75, 3.05) is 6.61 Å². The topological polar surface area (TPSA) is 55.4 Å². The molecule has 1 rings (SSSR count). The van der Waals surface area contributed by atoms with Crippen LogP contribution in [0.5, 0.6) is 0 Å². The van der Waals surface area contributed by atoms with E-state index in [1.807, 2.05) is 0 Å². The fraction of sp³-hybridized carbons (Fsp3) is 0.556. The summed E-state index contributed by atoms with van der Waals surface area (Å²) in [6.07, 6.45) is 3.68. The molecular weight excluding hydrogens is 170 g/mol. The van der Waals surface area contributed by atoms with Gasteiger partial charge in [-0.3, -0.25) is 9.59 Å². The van der Waals surface area contributed by atoms with Gasteiger partial charge >= 0.3 is 5.97 Å². The molecule has 4 heteroatoms. The summed E-state index contributed by atoms with van der Waals surface area (Å²) in [5.41, 5.74) is 0. The molecule has 1 unspecified atom stereocenters. The van der Waals surface area contributed by atoms with Crippen molar-refractivity contribution in [3.05, 3.63) is 12.3 Å². The van der Waals surface area contributed by atoms with Crippen molar-refractivity contribution in [1.29, 1.82) is 0 Å². The molecular formula is C9H13NO3. The van der Waals surface area contributed by atoms with E-state index in [2.05, 4.69) is 5.32 Å². The van der Waals surface area contributed by atoms with Crippen LogP contribution in [0.15, 0.2) is 12.3 Å². The highest BCUT2D eigenvalue weighted by atomic mass is 16.5. The summed E-state index contributed by atoms with van der Waals surface area (Å²) in [5, 5.41) is 2.94. The van der Waals surface area contributed by atoms with Gasteiger partial charge in [-0.1, -0.05) is 0 Å². The molecule has 4 nitrogen and oxygen atoms in total. The minimum atomic E-state index is -0.261. The lowest BCUT2D eigenvalue weighted by atomic mass is 10.1. The molecule has 1 aliphatic heterocycles. The average Bonchev–Trinajstić information content (AvgIpc) is 2.04. The molecule has 0 bridgehead atoms. The number of rotatable bonds is 3. The number of allylic oxidation sites excluding steroid dienone is 1. The minimum absolute atomic E-state index is 0.0491. The largest absolute Gasteiger partial charge is 0.466 e. The molecule has 1 N–H and O–H groups in total. The van der Waals surface area contributed by atoms with Gasteiger partial charge in [0, 0.05) is 18.7 Å². The summed E-state index contributed by atoms with van der Waals surface area (Å²) in [5.74, 6) is -0.212. The van der Waals surface area contributed by atoms with Crippen molar-refractivity contribution in [2.45, 2.75) is 25.8 Å². The lowest BCUT2D eigenvalue weighted by molar-refractivity contribution is -0.143. The van der Waals surface area contributed by atoms with Crippen LogP contribution in [-0.2, 0) is 14.3 Å². The predicted molar refractivity (Wildman–Crippen MR) is 46.9 cm³/mol. The first-order valence-corrected chi connectivity index (χ1v) is 4.33. The van der Waals surface area contributed by atoms with Crippen molar-refractivity contribution >= 4 is 11.8 Å². The molecule has 0 aliphatic carbocycles. The Morgan fingerprint density at radius 1 is 1.77 bits per heavy atom. The lowest BCUT2D eigenvalue weighted by Crippen LogP contribution is -2.33. The van der Waals surface area contributed by atoms with Crippen molar-refractivity contribution < 1.29 is 14.3 Å². The summed E-state index contributed by atoms with van der Waals surface area (Å²) in [6.45, 7) is 2.15. The van der Waals surface area contributed by atoms with Gasteiger partial charge < -0.3 is 10.1 Å². The first kappa shape index (κ1) is 9.77. The molecule has 0 spiro atoms. The molecule has 72 valence electrons. The number of carbonyl (C=O) groups excluding carboxylic acids is 2. The smallest absolute Gasteiger partial charge is 0.307 e. The van der Waals surface area contributed by atoms with Gasteiger partial charge in [-0.15, -0.1) is 0 Å². The van der Waals surface area contributed by atoms with Crippen molar-refractivity contribution in [2.24, 2.45) is 0 Å². The van der Waals surface area contributed by atoms with Crippen molar-refractivity contribution in [3.63, 3.8) is 0 Å². The van der Waals surface area contributed by atoms with Gasteiger partial charge in [0.25, 0.3) is 0 Å². The van der Waals surface area contributed by atoms with Crippen LogP contribution in [-0.4, -0.2) is 24.4 Å². The van der Waals surface area contributed by atoms with Gasteiger partial charge in [0.2, 0.25) is 0 Å². The molecule has 13 heavy (non-hydrogen) atoms. The van der Waals surface area contributed by atoms with E-state index in [4.69, 9.17) is 4.74 Å². The standard InChI is InChI=1S/C9H13NO3/c1-2-13-9(12)6-7-5-8(11)3-4-10-7/h3-4,7,10H,2,5-6H2,1H3. The fourth-order valence-electron chi connectivity index (χ4n) is 1.20. The summed E-state index contributed by atoms with van der Waals surface area (Å²) in [4.78, 5) is 22.0. The number of carbonyl (C=O) groups is 2. The van der Waals surface area contributed by atoms with Gasteiger partial charge in [-0.25, -0.2) is 0 Å². The second-order valence-corrected chi connectivity index (χ2v) is 2.88. The minimum Gasteiger partial charge on any atom is -0.466 e. The Balaban J connectivity index is 2.33. The highest BCUT2D eigenvalue weighted by Gasteiger charge is 2.18. The van der Waals surface area contributed by atoms with Crippen molar-refractivity contribution in [3.8, 4) is 0 Å². The van der Waals surface area contributed by atoms with E-state index in [-0.39, 0.29) is 24.2 Å². The molecule has 0 radical (unpaired) electrons. The first-order chi connectivity index (χ1) is 6.22. The van der Waals surface area contributed by atoms with Crippen molar-refractivity contribution in [1.82, 2.24) is 5.32 Å². The summed E-state index contributed by atoms with van der Waals surface area (Å²) in [6, 6.07) is -0.100. The number of ether oxygens (including phenoxy) is 1. The Hall–Kier alpha value is -1.32. The lowest BCUT2D eigenvalue weighted by Gasteiger charge is -2.17. The Morgan fingerprint density at radius 2 is 2.54 bits per heavy atom. The summed E-state index contributed by atoms with van der Waals surface area (Å²) < 4.78 is 4.77. The number of esters is 1. The molecule has 0 fully saturated rings. The van der Waals surface area contributed by atoms with Crippen LogP contribution < -0.4 is 5.32 Å². The van der Waals surface area contributed by atoms with Crippen LogP contribution in [0.1, 0.15) is 19.8 Å². The Labute approximate surface area is 76.9 Å². The van der Waals surface area contributed by atoms with Crippen LogP contribution >= 0.6 is 0 Å². The monoisotopic (exact) mass is 183 g/mol. The summed E-state index contributed by atoms with van der Waals surface area (Å²) >= 11 is 0. The average molecular weight is 183 g/mol. The normalized spacial score (nSPS) is 21.0. The molecule has 1 heterocycles. The highest BCUT2D eigenvalue weighted by Crippen LogP contribution is 2.05. The molecule has 1 aliphatic rings. The number of hydrogen-bond acceptors (Lipinski definition) is 4. The van der Waals surface area contributed by atoms with Crippen LogP contribution in [0.2, 0.25) is 0 Å². The third-order valence-corrected chi connectivity index (χ3v) is 1.77. The van der Waals surface area contributed by atoms with Gasteiger partial charge in [0.15, 0.2) is 5.78 Å². The van der Waals surface area contributed by atoms with E-state index < -0.39 is 0 Å². The summed E-state index contributed by atoms with van der Waals surface area (Å²) in [7, 11) is 0. The van der Waals surface area contributed by atoms with E-state index in [1.165, 1.54) is 6.08 Å². The molecule has 0 aromatic carbocycles. The third kappa shape index (κ3) is 3.27. The second kappa shape index (κ2) is 4.64. The molecule has 0 aromatic heterocycles. The maximum atomic E-state index is 11.0. The molecule has 0 saturated heterocycles. The Bertz CT molecular complexity index is 235. The van der Waals surface area contributed by atoms with E-state index in [1.54, 1.807) is 13.1 Å². The quantitative estimate of drug-likeness (QED) is 0.643. The van der Waals surface area contributed by atoms with Gasteiger partial charge in [0.05, 0.1) is 13.0 Å². The zero-order chi connectivity index (χ0) is 9.68. The maximum Gasteiger partial charge on any atom is 0.307 e. The van der Waals surface area contributed by atoms with Gasteiger partial charge in [-0.05, 0) is 13.0 Å². The van der Waals surface area contributed by atoms with E-state index in [9.17, 15) is 9.59 Å². The molecule has 0 aromatic rings. The molecule has 1 atom stereocenters. The Morgan fingerprint density at radius 3 is 3.15 bits per heavy atom. The molecule has 0 saturated carbocycles. The van der Waals surface area contributed by atoms with E-state index in [0.29, 0.717) is 13.0 Å². The highest BCUT2D eigenvalue weighted by molar-refractivity contribution is 5.91. The zero-order valence-electron chi connectivity index (χ0n) is 7.58. The maximum absolute atomic E-state index is 11.0. The number of nitrogens with one attached hydrogen (secondary N) is 1. The van der Waals surface area contributed by atoms with Gasteiger partial charge in [-0.2, -0.15) is 0 Å². The van der Waals surface area contributed by atoms with Crippen LogP contribution in [0, 0.1) is 0 Å². The van der Waals surface area contributed by atoms with Crippen LogP contribution in [0.3, 0.4) is 0 Å². The van der Waals surface area contributed by atoms with Crippen LogP contribution in [0.25, 0.3) is 0 Å². The third-order valence-electron chi connectivity index (χ3n) is 1.77. The van der Waals surface area contributed by atoms with Gasteiger partial charge in [0.1, 0.15) is 0 Å². The van der Waals surface area contributed by atoms with Crippen LogP contribution in [0.4, 0.5) is 0 Å². The second-order valence-electron chi connectivity index (χ2n) is 2.88. The number of hydrogen-bond donors (Lipinski definition) is 1.